The van der Waals surface area contributed by atoms with E-state index in [0.717, 1.165) is 12.8 Å². The molecule has 136 valence electrons. The van der Waals surface area contributed by atoms with Crippen molar-refractivity contribution in [2.45, 2.75) is 29.9 Å². The molecule has 4 aromatic rings. The van der Waals surface area contributed by atoms with Gasteiger partial charge in [0.2, 0.25) is 11.1 Å². The molecule has 0 aliphatic heterocycles. The second kappa shape index (κ2) is 6.02. The molecule has 4 aromatic heterocycles. The van der Waals surface area contributed by atoms with E-state index >= 15 is 0 Å². The number of aromatic nitrogens is 6. The topological polar surface area (TPSA) is 89.5 Å². The third kappa shape index (κ3) is 2.91. The van der Waals surface area contributed by atoms with Gasteiger partial charge in [-0.1, -0.05) is 0 Å². The van der Waals surface area contributed by atoms with Crippen LogP contribution in [0.25, 0.3) is 11.3 Å². The lowest BCUT2D eigenvalue weighted by Crippen LogP contribution is -2.13. The predicted octanol–water partition coefficient (Wildman–Crippen LogP) is 2.72. The summed E-state index contributed by atoms with van der Waals surface area (Å²) in [6.07, 6.45) is 3.54. The maximum absolute atomic E-state index is 13.9. The van der Waals surface area contributed by atoms with Crippen molar-refractivity contribution in [2.24, 2.45) is 5.92 Å². The zero-order valence-electron chi connectivity index (χ0n) is 14.3. The summed E-state index contributed by atoms with van der Waals surface area (Å²) < 4.78 is 17.1. The number of rotatable bonds is 4. The molecule has 0 bridgehead atoms. The van der Waals surface area contributed by atoms with Crippen LogP contribution in [0, 0.1) is 18.7 Å². The molecule has 1 amide bonds. The summed E-state index contributed by atoms with van der Waals surface area (Å²) in [6.45, 7) is 1.68. The average molecular weight is 383 g/mol. The zero-order valence-corrected chi connectivity index (χ0v) is 15.1. The van der Waals surface area contributed by atoms with Gasteiger partial charge in [-0.15, -0.1) is 10.2 Å². The molecule has 1 N–H and O–H groups in total. The first-order chi connectivity index (χ1) is 13.1. The summed E-state index contributed by atoms with van der Waals surface area (Å²) in [4.78, 5) is 16.2. The highest BCUT2D eigenvalue weighted by atomic mass is 32.2. The SMILES string of the molecule is Cc1c(F)ccc2nnc(Sc3ccc4nc(NC(=O)C5CC5)cn4n3)n12. The Labute approximate surface area is 156 Å². The van der Waals surface area contributed by atoms with E-state index in [1.807, 2.05) is 0 Å². The summed E-state index contributed by atoms with van der Waals surface area (Å²) in [5.41, 5.74) is 1.64. The molecular formula is C17H14FN7OS. The van der Waals surface area contributed by atoms with Crippen molar-refractivity contribution >= 4 is 34.8 Å². The molecule has 0 atom stereocenters. The number of nitrogens with one attached hydrogen (secondary N) is 1. The van der Waals surface area contributed by atoms with Crippen LogP contribution in [0.2, 0.25) is 0 Å². The molecule has 0 radical (unpaired) electrons. The maximum atomic E-state index is 13.9. The van der Waals surface area contributed by atoms with Gasteiger partial charge in [0.1, 0.15) is 10.8 Å². The molecule has 8 nitrogen and oxygen atoms in total. The summed E-state index contributed by atoms with van der Waals surface area (Å²) >= 11 is 1.28. The Kier molecular flexibility index (Phi) is 3.61. The standard InChI is InChI=1S/C17H14FN7OS/c1-9-11(18)4-5-14-21-22-17(25(9)14)27-15-7-6-13-19-12(8-24(13)23-15)20-16(26)10-2-3-10/h4-8,10H,2-3H2,1H3,(H,20,26). The van der Waals surface area contributed by atoms with Crippen LogP contribution in [0.5, 0.6) is 0 Å². The fraction of sp³-hybridized carbons (Fsp3) is 0.235. The van der Waals surface area contributed by atoms with E-state index in [4.69, 9.17) is 0 Å². The molecule has 0 saturated heterocycles. The Morgan fingerprint density at radius 2 is 2.04 bits per heavy atom. The molecule has 27 heavy (non-hydrogen) atoms. The third-order valence-corrected chi connectivity index (χ3v) is 5.28. The third-order valence-electron chi connectivity index (χ3n) is 4.41. The number of carbonyl (C=O) groups is 1. The first-order valence-electron chi connectivity index (χ1n) is 8.44. The summed E-state index contributed by atoms with van der Waals surface area (Å²) in [5, 5.41) is 16.7. The normalized spacial score (nSPS) is 14.1. The number of amides is 1. The Hall–Kier alpha value is -3.01. The highest BCUT2D eigenvalue weighted by molar-refractivity contribution is 7.99. The van der Waals surface area contributed by atoms with E-state index in [9.17, 15) is 9.18 Å². The highest BCUT2D eigenvalue weighted by Crippen LogP contribution is 2.30. The maximum Gasteiger partial charge on any atom is 0.228 e. The Morgan fingerprint density at radius 3 is 2.85 bits per heavy atom. The summed E-state index contributed by atoms with van der Waals surface area (Å²) in [7, 11) is 0. The minimum absolute atomic E-state index is 0.000404. The van der Waals surface area contributed by atoms with E-state index in [-0.39, 0.29) is 17.6 Å². The van der Waals surface area contributed by atoms with Crippen LogP contribution >= 0.6 is 11.8 Å². The van der Waals surface area contributed by atoms with Crippen molar-refractivity contribution < 1.29 is 9.18 Å². The van der Waals surface area contributed by atoms with Gasteiger partial charge in [0.25, 0.3) is 0 Å². The summed E-state index contributed by atoms with van der Waals surface area (Å²) in [6, 6.07) is 6.57. The van der Waals surface area contributed by atoms with Crippen LogP contribution in [0.4, 0.5) is 10.2 Å². The lowest BCUT2D eigenvalue weighted by molar-refractivity contribution is -0.117. The van der Waals surface area contributed by atoms with Gasteiger partial charge in [-0.05, 0) is 55.8 Å². The Morgan fingerprint density at radius 1 is 1.22 bits per heavy atom. The summed E-state index contributed by atoms with van der Waals surface area (Å²) in [5.74, 6) is 0.268. The van der Waals surface area contributed by atoms with Crippen molar-refractivity contribution in [3.05, 3.63) is 42.0 Å². The molecule has 4 heterocycles. The van der Waals surface area contributed by atoms with Crippen molar-refractivity contribution in [1.29, 1.82) is 0 Å². The number of imidazole rings is 1. The number of hydrogen-bond donors (Lipinski definition) is 1. The monoisotopic (exact) mass is 383 g/mol. The van der Waals surface area contributed by atoms with E-state index in [1.54, 1.807) is 40.2 Å². The van der Waals surface area contributed by atoms with Gasteiger partial charge in [0.05, 0.1) is 11.9 Å². The van der Waals surface area contributed by atoms with Crippen LogP contribution in [0.1, 0.15) is 18.5 Å². The van der Waals surface area contributed by atoms with E-state index < -0.39 is 0 Å². The van der Waals surface area contributed by atoms with Crippen LogP contribution in [-0.4, -0.2) is 35.1 Å². The predicted molar refractivity (Wildman–Crippen MR) is 96.1 cm³/mol. The van der Waals surface area contributed by atoms with Crippen LogP contribution in [0.3, 0.4) is 0 Å². The highest BCUT2D eigenvalue weighted by Gasteiger charge is 2.30. The second-order valence-corrected chi connectivity index (χ2v) is 7.40. The number of hydrogen-bond acceptors (Lipinski definition) is 6. The van der Waals surface area contributed by atoms with Gasteiger partial charge in [0, 0.05) is 5.92 Å². The zero-order chi connectivity index (χ0) is 18.5. The van der Waals surface area contributed by atoms with Crippen LogP contribution in [-0.2, 0) is 4.79 Å². The number of pyridine rings is 1. The lowest BCUT2D eigenvalue weighted by atomic mass is 10.3. The van der Waals surface area contributed by atoms with Gasteiger partial charge >= 0.3 is 0 Å². The number of halogens is 1. The Balaban J connectivity index is 1.45. The van der Waals surface area contributed by atoms with Crippen molar-refractivity contribution in [2.75, 3.05) is 5.32 Å². The molecular weight excluding hydrogens is 369 g/mol. The van der Waals surface area contributed by atoms with E-state index in [1.165, 1.54) is 17.8 Å². The smallest absolute Gasteiger partial charge is 0.228 e. The van der Waals surface area contributed by atoms with Gasteiger partial charge in [-0.25, -0.2) is 13.9 Å². The van der Waals surface area contributed by atoms with Crippen molar-refractivity contribution in [3.63, 3.8) is 0 Å². The molecule has 1 aliphatic carbocycles. The van der Waals surface area contributed by atoms with Gasteiger partial charge in [-0.3, -0.25) is 9.20 Å². The van der Waals surface area contributed by atoms with Crippen molar-refractivity contribution in [3.8, 4) is 0 Å². The first-order valence-corrected chi connectivity index (χ1v) is 9.25. The number of anilines is 1. The lowest BCUT2D eigenvalue weighted by Gasteiger charge is -2.04. The average Bonchev–Trinajstić information content (AvgIpc) is 3.32. The minimum Gasteiger partial charge on any atom is -0.309 e. The van der Waals surface area contributed by atoms with Gasteiger partial charge in [-0.2, -0.15) is 5.10 Å². The van der Waals surface area contributed by atoms with E-state index in [0.29, 0.717) is 33.0 Å². The molecule has 0 spiro atoms. The number of fused-ring (bicyclic) bond motifs is 2. The largest absolute Gasteiger partial charge is 0.309 e. The molecule has 0 aromatic carbocycles. The van der Waals surface area contributed by atoms with Crippen LogP contribution in [0.15, 0.2) is 40.6 Å². The fourth-order valence-electron chi connectivity index (χ4n) is 2.79. The van der Waals surface area contributed by atoms with Gasteiger partial charge < -0.3 is 5.32 Å². The van der Waals surface area contributed by atoms with Crippen molar-refractivity contribution in [1.82, 2.24) is 29.2 Å². The molecule has 1 aliphatic rings. The molecule has 5 rings (SSSR count). The first kappa shape index (κ1) is 16.2. The quantitative estimate of drug-likeness (QED) is 0.583. The Bertz CT molecular complexity index is 1200. The van der Waals surface area contributed by atoms with E-state index in [2.05, 4.69) is 25.6 Å². The molecule has 0 unspecified atom stereocenters. The van der Waals surface area contributed by atoms with Gasteiger partial charge in [0.15, 0.2) is 17.1 Å². The molecule has 1 fully saturated rings. The number of aryl methyl sites for hydroxylation is 1. The second-order valence-electron chi connectivity index (χ2n) is 6.41. The van der Waals surface area contributed by atoms with Crippen LogP contribution < -0.4 is 5.32 Å². The minimum atomic E-state index is -0.321. The molecule has 1 saturated carbocycles. The molecule has 10 heteroatoms. The fourth-order valence-corrected chi connectivity index (χ4v) is 3.65. The number of nitrogens with zero attached hydrogens (tertiary/aromatic N) is 6. The number of carbonyl (C=O) groups excluding carboxylic acids is 1.